The number of rotatable bonds is 4. The van der Waals surface area contributed by atoms with Crippen LogP contribution < -0.4 is 10.5 Å². The van der Waals surface area contributed by atoms with E-state index < -0.39 is 5.97 Å². The summed E-state index contributed by atoms with van der Waals surface area (Å²) in [4.78, 5) is 10.5. The Balaban J connectivity index is 0.00000169. The second-order valence-electron chi connectivity index (χ2n) is 2.47. The zero-order valence-corrected chi connectivity index (χ0v) is 7.56. The van der Waals surface area contributed by atoms with Crippen molar-refractivity contribution in [3.05, 3.63) is 29.8 Å². The van der Waals surface area contributed by atoms with Crippen molar-refractivity contribution in [3.63, 3.8) is 0 Å². The van der Waals surface area contributed by atoms with E-state index in [4.69, 9.17) is 15.6 Å². The first kappa shape index (κ1) is 12.4. The first-order valence-electron chi connectivity index (χ1n) is 3.90. The Labute approximate surface area is 81.4 Å². The van der Waals surface area contributed by atoms with E-state index in [-0.39, 0.29) is 11.0 Å². The molecule has 0 aromatic heterocycles. The largest absolute Gasteiger partial charge is 0.492 e. The topological polar surface area (TPSA) is 104 Å². The second kappa shape index (κ2) is 5.95. The summed E-state index contributed by atoms with van der Waals surface area (Å²) in [6.07, 6.45) is 0. The van der Waals surface area contributed by atoms with Crippen LogP contribution in [0.5, 0.6) is 5.75 Å². The lowest BCUT2D eigenvalue weighted by Crippen LogP contribution is -2.10. The summed E-state index contributed by atoms with van der Waals surface area (Å²) < 4.78 is 5.17. The lowest BCUT2D eigenvalue weighted by molar-refractivity contribution is 0.0697. The molecule has 5 N–H and O–H groups in total. The van der Waals surface area contributed by atoms with Crippen LogP contribution >= 0.6 is 0 Å². The minimum Gasteiger partial charge on any atom is -0.492 e. The molecule has 0 aliphatic rings. The highest BCUT2D eigenvalue weighted by Gasteiger charge is 2.01. The Kier molecular flexibility index (Phi) is 5.28. The van der Waals surface area contributed by atoms with Crippen LogP contribution in [0.2, 0.25) is 0 Å². The number of carboxylic acid groups (broad SMARTS) is 1. The minimum atomic E-state index is -0.939. The Bertz CT molecular complexity index is 283. The van der Waals surface area contributed by atoms with Crippen molar-refractivity contribution in [2.75, 3.05) is 13.2 Å². The number of carboxylic acids is 1. The van der Waals surface area contributed by atoms with Gasteiger partial charge in [-0.1, -0.05) is 0 Å². The first-order valence-corrected chi connectivity index (χ1v) is 3.90. The van der Waals surface area contributed by atoms with Gasteiger partial charge in [0.25, 0.3) is 0 Å². The fraction of sp³-hybridized carbons (Fsp3) is 0.222. The highest BCUT2D eigenvalue weighted by Crippen LogP contribution is 2.11. The highest BCUT2D eigenvalue weighted by atomic mass is 16.5. The molecule has 0 atom stereocenters. The molecule has 0 fully saturated rings. The number of nitrogens with two attached hydrogens (primary N) is 1. The van der Waals surface area contributed by atoms with E-state index in [9.17, 15) is 4.79 Å². The monoisotopic (exact) mass is 199 g/mol. The van der Waals surface area contributed by atoms with Crippen LogP contribution in [0.3, 0.4) is 0 Å². The number of ether oxygens (including phenoxy) is 1. The lowest BCUT2D eigenvalue weighted by atomic mass is 10.2. The highest BCUT2D eigenvalue weighted by molar-refractivity contribution is 5.87. The van der Waals surface area contributed by atoms with Crippen LogP contribution in [0.1, 0.15) is 10.4 Å². The summed E-state index contributed by atoms with van der Waals surface area (Å²) in [5, 5.41) is 8.59. The van der Waals surface area contributed by atoms with E-state index in [0.717, 1.165) is 0 Å². The van der Waals surface area contributed by atoms with Gasteiger partial charge in [0, 0.05) is 6.54 Å². The maximum Gasteiger partial charge on any atom is 0.335 e. The van der Waals surface area contributed by atoms with Crippen LogP contribution in [0.15, 0.2) is 24.3 Å². The van der Waals surface area contributed by atoms with Crippen LogP contribution in [0, 0.1) is 0 Å². The summed E-state index contributed by atoms with van der Waals surface area (Å²) in [6, 6.07) is 6.21. The summed E-state index contributed by atoms with van der Waals surface area (Å²) in [7, 11) is 0. The van der Waals surface area contributed by atoms with Crippen molar-refractivity contribution in [1.82, 2.24) is 0 Å². The van der Waals surface area contributed by atoms with Gasteiger partial charge in [-0.15, -0.1) is 0 Å². The van der Waals surface area contributed by atoms with Crippen molar-refractivity contribution >= 4 is 5.97 Å². The maximum absolute atomic E-state index is 10.5. The summed E-state index contributed by atoms with van der Waals surface area (Å²) >= 11 is 0. The van der Waals surface area contributed by atoms with Crippen molar-refractivity contribution in [2.45, 2.75) is 0 Å². The first-order chi connectivity index (χ1) is 6.24. The fourth-order valence-corrected chi connectivity index (χ4v) is 0.871. The lowest BCUT2D eigenvalue weighted by Gasteiger charge is -2.03. The Morgan fingerprint density at radius 1 is 1.36 bits per heavy atom. The van der Waals surface area contributed by atoms with Gasteiger partial charge in [-0.2, -0.15) is 0 Å². The molecule has 5 heteroatoms. The van der Waals surface area contributed by atoms with Gasteiger partial charge in [0.15, 0.2) is 0 Å². The van der Waals surface area contributed by atoms with E-state index in [1.54, 1.807) is 12.1 Å². The summed E-state index contributed by atoms with van der Waals surface area (Å²) in [5.74, 6) is -0.305. The standard InChI is InChI=1S/C9H11NO3.H2O/c10-5-6-13-8-3-1-7(2-4-8)9(11)12;/h1-4H,5-6,10H2,(H,11,12);1H2. The third kappa shape index (κ3) is 3.42. The molecule has 1 aromatic carbocycles. The Morgan fingerprint density at radius 3 is 2.36 bits per heavy atom. The molecule has 0 heterocycles. The smallest absolute Gasteiger partial charge is 0.335 e. The van der Waals surface area contributed by atoms with E-state index in [1.165, 1.54) is 12.1 Å². The van der Waals surface area contributed by atoms with Crippen LogP contribution in [-0.2, 0) is 0 Å². The van der Waals surface area contributed by atoms with Gasteiger partial charge in [-0.05, 0) is 24.3 Å². The predicted molar refractivity (Wildman–Crippen MR) is 51.6 cm³/mol. The van der Waals surface area contributed by atoms with Gasteiger partial charge in [0.2, 0.25) is 0 Å². The Hall–Kier alpha value is -1.59. The van der Waals surface area contributed by atoms with Crippen LogP contribution in [-0.4, -0.2) is 29.7 Å². The average molecular weight is 199 g/mol. The number of aromatic carboxylic acids is 1. The van der Waals surface area contributed by atoms with Gasteiger partial charge >= 0.3 is 5.97 Å². The molecule has 0 amide bonds. The number of carbonyl (C=O) groups is 1. The number of hydrogen-bond donors (Lipinski definition) is 2. The van der Waals surface area contributed by atoms with Gasteiger partial charge in [-0.3, -0.25) is 0 Å². The molecular weight excluding hydrogens is 186 g/mol. The van der Waals surface area contributed by atoms with Crippen LogP contribution in [0.4, 0.5) is 0 Å². The molecule has 0 unspecified atom stereocenters. The van der Waals surface area contributed by atoms with Crippen molar-refractivity contribution in [3.8, 4) is 5.75 Å². The van der Waals surface area contributed by atoms with Gasteiger partial charge in [0.05, 0.1) is 5.56 Å². The molecule has 0 saturated heterocycles. The van der Waals surface area contributed by atoms with Crippen molar-refractivity contribution in [2.24, 2.45) is 5.73 Å². The molecule has 0 bridgehead atoms. The normalized spacial score (nSPS) is 8.93. The zero-order valence-electron chi connectivity index (χ0n) is 7.56. The van der Waals surface area contributed by atoms with Gasteiger partial charge in [0.1, 0.15) is 12.4 Å². The quantitative estimate of drug-likeness (QED) is 0.706. The van der Waals surface area contributed by atoms with E-state index in [2.05, 4.69) is 0 Å². The predicted octanol–water partition coefficient (Wildman–Crippen LogP) is -0.102. The fourth-order valence-electron chi connectivity index (χ4n) is 0.871. The SMILES string of the molecule is NCCOc1ccc(C(=O)O)cc1.O. The number of hydrogen-bond acceptors (Lipinski definition) is 3. The maximum atomic E-state index is 10.5. The molecular formula is C9H13NO4. The molecule has 0 saturated carbocycles. The van der Waals surface area contributed by atoms with E-state index in [0.29, 0.717) is 18.9 Å². The second-order valence-corrected chi connectivity index (χ2v) is 2.47. The van der Waals surface area contributed by atoms with Crippen molar-refractivity contribution in [1.29, 1.82) is 0 Å². The third-order valence-corrected chi connectivity index (χ3v) is 1.49. The Morgan fingerprint density at radius 2 is 1.93 bits per heavy atom. The summed E-state index contributed by atoms with van der Waals surface area (Å²) in [6.45, 7) is 0.882. The van der Waals surface area contributed by atoms with Crippen LogP contribution in [0.25, 0.3) is 0 Å². The number of benzene rings is 1. The molecule has 1 aromatic rings. The van der Waals surface area contributed by atoms with Gasteiger partial charge in [-0.25, -0.2) is 4.79 Å². The molecule has 14 heavy (non-hydrogen) atoms. The molecule has 0 spiro atoms. The average Bonchev–Trinajstić information content (AvgIpc) is 2.15. The molecule has 1 rings (SSSR count). The minimum absolute atomic E-state index is 0. The molecule has 0 radical (unpaired) electrons. The third-order valence-electron chi connectivity index (χ3n) is 1.49. The summed E-state index contributed by atoms with van der Waals surface area (Å²) in [5.41, 5.74) is 5.49. The van der Waals surface area contributed by atoms with Gasteiger partial charge < -0.3 is 21.1 Å². The van der Waals surface area contributed by atoms with Crippen molar-refractivity contribution < 1.29 is 20.1 Å². The zero-order chi connectivity index (χ0) is 9.68. The van der Waals surface area contributed by atoms with E-state index >= 15 is 0 Å². The molecule has 78 valence electrons. The molecule has 5 nitrogen and oxygen atoms in total. The van der Waals surface area contributed by atoms with E-state index in [1.807, 2.05) is 0 Å². The molecule has 0 aliphatic carbocycles. The molecule has 0 aliphatic heterocycles.